The number of likely N-dealkylation sites (tertiary alicyclic amines) is 1. The maximum absolute atomic E-state index is 13.9. The van der Waals surface area contributed by atoms with Crippen LogP contribution < -0.4 is 16.0 Å². The van der Waals surface area contributed by atoms with Crippen molar-refractivity contribution in [3.05, 3.63) is 53.5 Å². The fraction of sp³-hybridized carbons (Fsp3) is 0.500. The zero-order valence-electron chi connectivity index (χ0n) is 20.1. The van der Waals surface area contributed by atoms with E-state index < -0.39 is 11.9 Å². The maximum Gasteiger partial charge on any atom is 0.234 e. The summed E-state index contributed by atoms with van der Waals surface area (Å²) in [7, 11) is 1.69. The van der Waals surface area contributed by atoms with Gasteiger partial charge in [-0.1, -0.05) is 19.9 Å². The van der Waals surface area contributed by atoms with Crippen molar-refractivity contribution in [3.8, 4) is 0 Å². The topological polar surface area (TPSA) is 91.6 Å². The molecule has 1 aromatic heterocycles. The average Bonchev–Trinajstić information content (AvgIpc) is 3.46. The number of nitrogens with one attached hydrogen (secondary N) is 1. The van der Waals surface area contributed by atoms with Crippen molar-refractivity contribution in [2.45, 2.75) is 51.6 Å². The van der Waals surface area contributed by atoms with Crippen molar-refractivity contribution in [2.24, 2.45) is 17.6 Å². The standard InChI is InChI=1S/C26H34FN5O2/c1-16(2)20(15-21(29-3)25(28)33)26(34)32-11-4-5-22(32)18-8-10-30-24(13-18)31-12-9-17-6-7-19(27)14-23(17)31/h6-8,10,13-14,16,20-22,29H,4-5,9,11-12,15H2,1-3H3,(H2,28,33). The summed E-state index contributed by atoms with van der Waals surface area (Å²) in [4.78, 5) is 34.0. The first-order chi connectivity index (χ1) is 16.3. The van der Waals surface area contributed by atoms with Gasteiger partial charge in [0.05, 0.1) is 12.1 Å². The van der Waals surface area contributed by atoms with Crippen LogP contribution in [0.3, 0.4) is 0 Å². The molecule has 3 heterocycles. The number of carbonyl (C=O) groups is 2. The first kappa shape index (κ1) is 24.1. The Hall–Kier alpha value is -3.00. The number of carbonyl (C=O) groups excluding carboxylic acids is 2. The van der Waals surface area contributed by atoms with Gasteiger partial charge in [0.25, 0.3) is 0 Å². The number of hydrogen-bond donors (Lipinski definition) is 2. The summed E-state index contributed by atoms with van der Waals surface area (Å²) in [5.41, 5.74) is 8.52. The van der Waals surface area contributed by atoms with E-state index in [-0.39, 0.29) is 29.6 Å². The first-order valence-electron chi connectivity index (χ1n) is 12.1. The zero-order valence-corrected chi connectivity index (χ0v) is 20.1. The van der Waals surface area contributed by atoms with Crippen LogP contribution >= 0.6 is 0 Å². The molecule has 2 amide bonds. The molecule has 1 fully saturated rings. The highest BCUT2D eigenvalue weighted by molar-refractivity contribution is 5.83. The van der Waals surface area contributed by atoms with Gasteiger partial charge in [-0.15, -0.1) is 0 Å². The van der Waals surface area contributed by atoms with Crippen LogP contribution in [-0.4, -0.2) is 47.9 Å². The van der Waals surface area contributed by atoms with Crippen LogP contribution in [0.25, 0.3) is 0 Å². The number of halogens is 1. The summed E-state index contributed by atoms with van der Waals surface area (Å²) in [6.07, 6.45) is 4.78. The molecule has 0 bridgehead atoms. The molecule has 8 heteroatoms. The lowest BCUT2D eigenvalue weighted by Gasteiger charge is -2.32. The summed E-state index contributed by atoms with van der Waals surface area (Å²) >= 11 is 0. The van der Waals surface area contributed by atoms with E-state index in [0.29, 0.717) is 13.0 Å². The Morgan fingerprint density at radius 2 is 2.03 bits per heavy atom. The van der Waals surface area contributed by atoms with Gasteiger partial charge in [0.1, 0.15) is 11.6 Å². The largest absolute Gasteiger partial charge is 0.368 e. The molecule has 3 atom stereocenters. The number of likely N-dealkylation sites (N-methyl/N-ethyl adjacent to an activating group) is 1. The summed E-state index contributed by atoms with van der Waals surface area (Å²) in [6.45, 7) is 5.45. The Bertz CT molecular complexity index is 1060. The fourth-order valence-corrected chi connectivity index (χ4v) is 5.26. The second-order valence-electron chi connectivity index (χ2n) is 9.64. The highest BCUT2D eigenvalue weighted by Crippen LogP contribution is 2.38. The lowest BCUT2D eigenvalue weighted by molar-refractivity contribution is -0.138. The van der Waals surface area contributed by atoms with Gasteiger partial charge in [-0.25, -0.2) is 9.37 Å². The molecule has 2 aromatic rings. The fourth-order valence-electron chi connectivity index (χ4n) is 5.26. The molecule has 1 saturated heterocycles. The van der Waals surface area contributed by atoms with Crippen molar-refractivity contribution in [1.82, 2.24) is 15.2 Å². The number of primary amides is 1. The summed E-state index contributed by atoms with van der Waals surface area (Å²) < 4.78 is 13.9. The molecule has 3 unspecified atom stereocenters. The normalized spacial score (nSPS) is 19.4. The Labute approximate surface area is 200 Å². The number of pyridine rings is 1. The lowest BCUT2D eigenvalue weighted by Crippen LogP contribution is -2.45. The van der Waals surface area contributed by atoms with E-state index in [1.54, 1.807) is 19.3 Å². The Morgan fingerprint density at radius 1 is 1.24 bits per heavy atom. The Kier molecular flexibility index (Phi) is 7.16. The summed E-state index contributed by atoms with van der Waals surface area (Å²) in [5.74, 6) is -0.102. The maximum atomic E-state index is 13.9. The van der Waals surface area contributed by atoms with E-state index in [2.05, 4.69) is 10.3 Å². The van der Waals surface area contributed by atoms with Gasteiger partial charge in [0.2, 0.25) is 11.8 Å². The average molecular weight is 468 g/mol. The van der Waals surface area contributed by atoms with E-state index in [9.17, 15) is 14.0 Å². The number of nitrogens with two attached hydrogens (primary N) is 1. The molecular formula is C26H34FN5O2. The molecule has 0 spiro atoms. The third-order valence-electron chi connectivity index (χ3n) is 7.21. The minimum absolute atomic E-state index is 0.0494. The monoisotopic (exact) mass is 467 g/mol. The van der Waals surface area contributed by atoms with Crippen molar-refractivity contribution < 1.29 is 14.0 Å². The number of aromatic nitrogens is 1. The smallest absolute Gasteiger partial charge is 0.234 e. The number of nitrogens with zero attached hydrogens (tertiary/aromatic N) is 3. The number of rotatable bonds is 8. The highest BCUT2D eigenvalue weighted by atomic mass is 19.1. The van der Waals surface area contributed by atoms with Crippen molar-refractivity contribution in [3.63, 3.8) is 0 Å². The van der Waals surface area contributed by atoms with Crippen LogP contribution in [0.5, 0.6) is 0 Å². The molecule has 7 nitrogen and oxygen atoms in total. The Balaban J connectivity index is 1.57. The van der Waals surface area contributed by atoms with E-state index >= 15 is 0 Å². The number of anilines is 2. The molecule has 2 aliphatic heterocycles. The quantitative estimate of drug-likeness (QED) is 0.622. The molecule has 182 valence electrons. The van der Waals surface area contributed by atoms with Gasteiger partial charge in [0.15, 0.2) is 0 Å². The number of fused-ring (bicyclic) bond motifs is 1. The number of hydrogen-bond acceptors (Lipinski definition) is 5. The van der Waals surface area contributed by atoms with Crippen LogP contribution in [0.15, 0.2) is 36.5 Å². The molecule has 3 N–H and O–H groups in total. The molecule has 0 aliphatic carbocycles. The molecule has 1 aromatic carbocycles. The molecule has 0 radical (unpaired) electrons. The zero-order chi connectivity index (χ0) is 24.4. The summed E-state index contributed by atoms with van der Waals surface area (Å²) in [6, 6.07) is 8.30. The van der Waals surface area contributed by atoms with Crippen LogP contribution in [0.4, 0.5) is 15.9 Å². The van der Waals surface area contributed by atoms with Crippen molar-refractivity contribution >= 4 is 23.3 Å². The minimum atomic E-state index is -0.541. The van der Waals surface area contributed by atoms with Gasteiger partial charge in [-0.3, -0.25) is 9.59 Å². The summed E-state index contributed by atoms with van der Waals surface area (Å²) in [5, 5.41) is 2.94. The van der Waals surface area contributed by atoms with E-state index in [0.717, 1.165) is 48.4 Å². The van der Waals surface area contributed by atoms with Gasteiger partial charge >= 0.3 is 0 Å². The predicted octanol–water partition coefficient (Wildman–Crippen LogP) is 3.31. The van der Waals surface area contributed by atoms with Crippen LogP contribution in [0.1, 0.15) is 50.3 Å². The van der Waals surface area contributed by atoms with Gasteiger partial charge in [0, 0.05) is 30.9 Å². The number of amides is 2. The van der Waals surface area contributed by atoms with Crippen LogP contribution in [0.2, 0.25) is 0 Å². The Morgan fingerprint density at radius 3 is 2.74 bits per heavy atom. The SMILES string of the molecule is CNC(CC(C(=O)N1CCCC1c1ccnc(N2CCc3ccc(F)cc32)c1)C(C)C)C(N)=O. The van der Waals surface area contributed by atoms with E-state index in [1.807, 2.05) is 41.8 Å². The van der Waals surface area contributed by atoms with Crippen LogP contribution in [-0.2, 0) is 16.0 Å². The third-order valence-corrected chi connectivity index (χ3v) is 7.21. The van der Waals surface area contributed by atoms with Crippen LogP contribution in [0, 0.1) is 17.7 Å². The van der Waals surface area contributed by atoms with Gasteiger partial charge in [-0.05, 0) is 74.0 Å². The second kappa shape index (κ2) is 10.1. The van der Waals surface area contributed by atoms with E-state index in [4.69, 9.17) is 5.73 Å². The predicted molar refractivity (Wildman–Crippen MR) is 130 cm³/mol. The molecule has 34 heavy (non-hydrogen) atoms. The first-order valence-corrected chi connectivity index (χ1v) is 12.1. The molecule has 4 rings (SSSR count). The van der Waals surface area contributed by atoms with Crippen molar-refractivity contribution in [1.29, 1.82) is 0 Å². The second-order valence-corrected chi connectivity index (χ2v) is 9.64. The van der Waals surface area contributed by atoms with Gasteiger partial charge in [-0.2, -0.15) is 0 Å². The third kappa shape index (κ3) is 4.78. The van der Waals surface area contributed by atoms with Gasteiger partial charge < -0.3 is 20.9 Å². The minimum Gasteiger partial charge on any atom is -0.368 e. The molecule has 0 saturated carbocycles. The molecular weight excluding hydrogens is 433 g/mol. The highest BCUT2D eigenvalue weighted by Gasteiger charge is 2.37. The molecule has 2 aliphatic rings. The number of benzene rings is 1. The lowest BCUT2D eigenvalue weighted by atomic mass is 9.87. The van der Waals surface area contributed by atoms with Crippen molar-refractivity contribution in [2.75, 3.05) is 25.0 Å². The van der Waals surface area contributed by atoms with E-state index in [1.165, 1.54) is 6.07 Å².